The summed E-state index contributed by atoms with van der Waals surface area (Å²) in [5, 5.41) is 2.00. The number of hydrogen-bond donors (Lipinski definition) is 1. The standard InChI is InChI=1S/C18H16F3NO4/c19-13-8-9-14(18(21)17(13)20)22-15(23)11-26-16(24)7-4-10-25-12-5-2-1-3-6-12/h1-3,5-6,8-9H,4,7,10-11H2,(H,22,23). The first-order valence-corrected chi connectivity index (χ1v) is 7.74. The lowest BCUT2D eigenvalue weighted by Crippen LogP contribution is -2.22. The van der Waals surface area contributed by atoms with E-state index in [2.05, 4.69) is 0 Å². The molecule has 0 aliphatic heterocycles. The van der Waals surface area contributed by atoms with Crippen LogP contribution < -0.4 is 10.1 Å². The van der Waals surface area contributed by atoms with Gasteiger partial charge in [0.05, 0.1) is 12.3 Å². The molecule has 0 saturated carbocycles. The first-order chi connectivity index (χ1) is 12.5. The normalized spacial score (nSPS) is 10.3. The van der Waals surface area contributed by atoms with Crippen molar-refractivity contribution in [2.24, 2.45) is 0 Å². The Labute approximate surface area is 147 Å². The number of nitrogens with one attached hydrogen (secondary N) is 1. The van der Waals surface area contributed by atoms with Crippen LogP contribution >= 0.6 is 0 Å². The molecule has 2 aromatic carbocycles. The lowest BCUT2D eigenvalue weighted by atomic mass is 10.3. The van der Waals surface area contributed by atoms with Crippen molar-refractivity contribution in [1.82, 2.24) is 0 Å². The maximum atomic E-state index is 13.4. The van der Waals surface area contributed by atoms with E-state index in [-0.39, 0.29) is 6.42 Å². The van der Waals surface area contributed by atoms with E-state index in [1.54, 1.807) is 12.1 Å². The number of carbonyl (C=O) groups is 2. The molecule has 0 saturated heterocycles. The molecule has 0 unspecified atom stereocenters. The van der Waals surface area contributed by atoms with Gasteiger partial charge in [0, 0.05) is 6.42 Å². The topological polar surface area (TPSA) is 64.6 Å². The van der Waals surface area contributed by atoms with Crippen molar-refractivity contribution in [2.75, 3.05) is 18.5 Å². The molecule has 0 radical (unpaired) electrons. The van der Waals surface area contributed by atoms with Crippen LogP contribution in [0.4, 0.5) is 18.9 Å². The van der Waals surface area contributed by atoms with E-state index in [4.69, 9.17) is 9.47 Å². The van der Waals surface area contributed by atoms with Gasteiger partial charge < -0.3 is 14.8 Å². The summed E-state index contributed by atoms with van der Waals surface area (Å²) in [6.45, 7) is -0.373. The summed E-state index contributed by atoms with van der Waals surface area (Å²) in [6.07, 6.45) is 0.410. The van der Waals surface area contributed by atoms with Crippen molar-refractivity contribution in [1.29, 1.82) is 0 Å². The Balaban J connectivity index is 1.67. The summed E-state index contributed by atoms with van der Waals surface area (Å²) in [5.41, 5.74) is -0.541. The molecule has 0 atom stereocenters. The summed E-state index contributed by atoms with van der Waals surface area (Å²) >= 11 is 0. The number of ether oxygens (including phenoxy) is 2. The van der Waals surface area contributed by atoms with Gasteiger partial charge in [0.1, 0.15) is 5.75 Å². The first-order valence-electron chi connectivity index (χ1n) is 7.74. The SMILES string of the molecule is O=C(COC(=O)CCCOc1ccccc1)Nc1ccc(F)c(F)c1F. The monoisotopic (exact) mass is 367 g/mol. The highest BCUT2D eigenvalue weighted by Gasteiger charge is 2.16. The van der Waals surface area contributed by atoms with Crippen molar-refractivity contribution in [2.45, 2.75) is 12.8 Å². The molecule has 5 nitrogen and oxygen atoms in total. The molecule has 138 valence electrons. The number of benzene rings is 2. The number of amides is 1. The Bertz CT molecular complexity index is 769. The molecule has 0 aliphatic carbocycles. The predicted molar refractivity (Wildman–Crippen MR) is 87.1 cm³/mol. The number of rotatable bonds is 8. The second-order valence-electron chi connectivity index (χ2n) is 5.20. The molecular weight excluding hydrogens is 351 g/mol. The molecule has 1 N–H and O–H groups in total. The van der Waals surface area contributed by atoms with Crippen LogP contribution in [0.2, 0.25) is 0 Å². The molecular formula is C18H16F3NO4. The minimum atomic E-state index is -1.70. The number of carbonyl (C=O) groups excluding carboxylic acids is 2. The van der Waals surface area contributed by atoms with Crippen LogP contribution in [-0.4, -0.2) is 25.1 Å². The van der Waals surface area contributed by atoms with Gasteiger partial charge >= 0.3 is 5.97 Å². The first kappa shape index (κ1) is 19.3. The third-order valence-corrected chi connectivity index (χ3v) is 3.21. The average Bonchev–Trinajstić information content (AvgIpc) is 2.65. The van der Waals surface area contributed by atoms with Crippen molar-refractivity contribution in [3.05, 3.63) is 59.9 Å². The van der Waals surface area contributed by atoms with Crippen LogP contribution in [0.5, 0.6) is 5.75 Å². The molecule has 0 spiro atoms. The minimum absolute atomic E-state index is 0.0274. The van der Waals surface area contributed by atoms with Crippen LogP contribution in [0, 0.1) is 17.5 Å². The summed E-state index contributed by atoms with van der Waals surface area (Å²) in [7, 11) is 0. The number of esters is 1. The van der Waals surface area contributed by atoms with E-state index in [1.165, 1.54) is 0 Å². The second-order valence-corrected chi connectivity index (χ2v) is 5.20. The molecule has 0 bridgehead atoms. The molecule has 2 rings (SSSR count). The van der Waals surface area contributed by atoms with E-state index in [0.29, 0.717) is 24.8 Å². The van der Waals surface area contributed by atoms with Gasteiger partial charge in [0.15, 0.2) is 24.1 Å². The van der Waals surface area contributed by atoms with Crippen molar-refractivity contribution < 1.29 is 32.2 Å². The lowest BCUT2D eigenvalue weighted by molar-refractivity contribution is -0.147. The molecule has 0 aromatic heterocycles. The number of anilines is 1. The predicted octanol–water partition coefficient (Wildman–Crippen LogP) is 3.44. The number of halogens is 3. The van der Waals surface area contributed by atoms with Crippen molar-refractivity contribution in [3.63, 3.8) is 0 Å². The maximum absolute atomic E-state index is 13.4. The van der Waals surface area contributed by atoms with Crippen LogP contribution in [0.1, 0.15) is 12.8 Å². The van der Waals surface area contributed by atoms with Gasteiger partial charge in [-0.15, -0.1) is 0 Å². The van der Waals surface area contributed by atoms with E-state index in [9.17, 15) is 22.8 Å². The molecule has 1 amide bonds. The Morgan fingerprint density at radius 2 is 1.69 bits per heavy atom. The molecule has 0 fully saturated rings. The fraction of sp³-hybridized carbons (Fsp3) is 0.222. The fourth-order valence-corrected chi connectivity index (χ4v) is 1.95. The summed E-state index contributed by atoms with van der Waals surface area (Å²) in [6, 6.07) is 10.6. The molecule has 2 aromatic rings. The Morgan fingerprint density at radius 3 is 2.42 bits per heavy atom. The Kier molecular flexibility index (Phi) is 7.02. The summed E-state index contributed by atoms with van der Waals surface area (Å²) < 4.78 is 49.4. The van der Waals surface area contributed by atoms with E-state index in [1.807, 2.05) is 23.5 Å². The van der Waals surface area contributed by atoms with Gasteiger partial charge in [0.25, 0.3) is 5.91 Å². The minimum Gasteiger partial charge on any atom is -0.494 e. The zero-order valence-corrected chi connectivity index (χ0v) is 13.6. The Morgan fingerprint density at radius 1 is 0.962 bits per heavy atom. The van der Waals surface area contributed by atoms with Gasteiger partial charge in [-0.05, 0) is 30.7 Å². The zero-order chi connectivity index (χ0) is 18.9. The summed E-state index contributed by atoms with van der Waals surface area (Å²) in [5.74, 6) is -5.43. The van der Waals surface area contributed by atoms with Gasteiger partial charge in [-0.25, -0.2) is 13.2 Å². The van der Waals surface area contributed by atoms with E-state index >= 15 is 0 Å². The molecule has 0 heterocycles. The maximum Gasteiger partial charge on any atom is 0.306 e. The van der Waals surface area contributed by atoms with Crippen molar-refractivity contribution in [3.8, 4) is 5.75 Å². The van der Waals surface area contributed by atoms with Crippen LogP contribution in [-0.2, 0) is 14.3 Å². The average molecular weight is 367 g/mol. The van der Waals surface area contributed by atoms with Crippen LogP contribution in [0.25, 0.3) is 0 Å². The van der Waals surface area contributed by atoms with Crippen LogP contribution in [0.15, 0.2) is 42.5 Å². The van der Waals surface area contributed by atoms with Gasteiger partial charge in [-0.1, -0.05) is 18.2 Å². The van der Waals surface area contributed by atoms with Gasteiger partial charge in [-0.3, -0.25) is 9.59 Å². The molecule has 8 heteroatoms. The fourth-order valence-electron chi connectivity index (χ4n) is 1.95. The number of hydrogen-bond acceptors (Lipinski definition) is 4. The van der Waals surface area contributed by atoms with E-state index in [0.717, 1.165) is 6.07 Å². The van der Waals surface area contributed by atoms with Gasteiger partial charge in [0.2, 0.25) is 0 Å². The quantitative estimate of drug-likeness (QED) is 0.441. The molecule has 0 aliphatic rings. The highest BCUT2D eigenvalue weighted by molar-refractivity contribution is 5.92. The summed E-state index contributed by atoms with van der Waals surface area (Å²) in [4.78, 5) is 23.1. The third-order valence-electron chi connectivity index (χ3n) is 3.21. The largest absolute Gasteiger partial charge is 0.494 e. The molecule has 26 heavy (non-hydrogen) atoms. The smallest absolute Gasteiger partial charge is 0.306 e. The highest BCUT2D eigenvalue weighted by Crippen LogP contribution is 2.19. The lowest BCUT2D eigenvalue weighted by Gasteiger charge is -2.08. The van der Waals surface area contributed by atoms with Crippen molar-refractivity contribution >= 4 is 17.6 Å². The zero-order valence-electron chi connectivity index (χ0n) is 13.6. The third kappa shape index (κ3) is 5.80. The van der Waals surface area contributed by atoms with E-state index < -0.39 is 41.6 Å². The van der Waals surface area contributed by atoms with Gasteiger partial charge in [-0.2, -0.15) is 0 Å². The highest BCUT2D eigenvalue weighted by atomic mass is 19.2. The Hall–Kier alpha value is -3.03. The second kappa shape index (κ2) is 9.45. The van der Waals surface area contributed by atoms with Crippen LogP contribution in [0.3, 0.4) is 0 Å². The number of para-hydroxylation sites is 1.